The summed E-state index contributed by atoms with van der Waals surface area (Å²) in [6.45, 7) is 4.18. The minimum atomic E-state index is -0.967. The lowest BCUT2D eigenvalue weighted by molar-refractivity contribution is -0.149. The minimum Gasteiger partial charge on any atom is -0.480 e. The molecule has 5 heteroatoms. The molecule has 1 N–H and O–H groups in total. The van der Waals surface area contributed by atoms with Gasteiger partial charge in [-0.1, -0.05) is 13.8 Å². The van der Waals surface area contributed by atoms with Crippen LogP contribution in [0, 0.1) is 5.41 Å². The van der Waals surface area contributed by atoms with E-state index in [9.17, 15) is 9.59 Å². The van der Waals surface area contributed by atoms with E-state index in [2.05, 4.69) is 4.74 Å². The van der Waals surface area contributed by atoms with Crippen molar-refractivity contribution in [1.29, 1.82) is 0 Å². The van der Waals surface area contributed by atoms with E-state index >= 15 is 0 Å². The van der Waals surface area contributed by atoms with E-state index in [4.69, 9.17) is 5.11 Å². The van der Waals surface area contributed by atoms with E-state index in [0.717, 1.165) is 12.8 Å². The van der Waals surface area contributed by atoms with Gasteiger partial charge in [0.2, 0.25) is 0 Å². The second-order valence-corrected chi connectivity index (χ2v) is 4.50. The Morgan fingerprint density at radius 2 is 2.07 bits per heavy atom. The van der Waals surface area contributed by atoms with Crippen molar-refractivity contribution in [1.82, 2.24) is 4.90 Å². The molecule has 86 valence electrons. The average molecular weight is 215 g/mol. The number of likely N-dealkylation sites (tertiary alicyclic amines) is 1. The van der Waals surface area contributed by atoms with Gasteiger partial charge in [0.05, 0.1) is 7.11 Å². The molecule has 1 fully saturated rings. The van der Waals surface area contributed by atoms with Gasteiger partial charge in [-0.05, 0) is 18.3 Å². The van der Waals surface area contributed by atoms with Crippen LogP contribution in [0.4, 0.5) is 4.79 Å². The molecule has 5 nitrogen and oxygen atoms in total. The molecule has 1 saturated heterocycles. The molecule has 1 unspecified atom stereocenters. The van der Waals surface area contributed by atoms with Crippen molar-refractivity contribution < 1.29 is 19.4 Å². The summed E-state index contributed by atoms with van der Waals surface area (Å²) in [4.78, 5) is 23.9. The quantitative estimate of drug-likeness (QED) is 0.716. The first-order valence-electron chi connectivity index (χ1n) is 4.97. The van der Waals surface area contributed by atoms with E-state index in [-0.39, 0.29) is 0 Å². The maximum Gasteiger partial charge on any atom is 0.410 e. The fraction of sp³-hybridized carbons (Fsp3) is 0.800. The maximum absolute atomic E-state index is 11.4. The molecule has 0 spiro atoms. The fourth-order valence-corrected chi connectivity index (χ4v) is 2.17. The smallest absolute Gasteiger partial charge is 0.410 e. The first-order chi connectivity index (χ1) is 6.90. The molecule has 0 saturated carbocycles. The summed E-state index contributed by atoms with van der Waals surface area (Å²) < 4.78 is 4.59. The maximum atomic E-state index is 11.4. The molecule has 0 bridgehead atoms. The number of carboxylic acids is 1. The molecule has 15 heavy (non-hydrogen) atoms. The number of hydrogen-bond donors (Lipinski definition) is 1. The Kier molecular flexibility index (Phi) is 3.21. The number of carbonyl (C=O) groups excluding carboxylic acids is 1. The van der Waals surface area contributed by atoms with E-state index in [1.165, 1.54) is 12.0 Å². The molecule has 0 aromatic rings. The van der Waals surface area contributed by atoms with Gasteiger partial charge in [0.1, 0.15) is 6.04 Å². The average Bonchev–Trinajstić information content (AvgIpc) is 2.14. The summed E-state index contributed by atoms with van der Waals surface area (Å²) >= 11 is 0. The minimum absolute atomic E-state index is 0.404. The summed E-state index contributed by atoms with van der Waals surface area (Å²) in [6, 6.07) is -0.793. The van der Waals surface area contributed by atoms with Crippen LogP contribution in [0.2, 0.25) is 0 Å². The van der Waals surface area contributed by atoms with Crippen LogP contribution < -0.4 is 0 Å². The second kappa shape index (κ2) is 4.08. The number of carbonyl (C=O) groups is 2. The van der Waals surface area contributed by atoms with Crippen LogP contribution in [0.3, 0.4) is 0 Å². The molecule has 0 aromatic heterocycles. The summed E-state index contributed by atoms with van der Waals surface area (Å²) in [5, 5.41) is 9.14. The Morgan fingerprint density at radius 3 is 2.53 bits per heavy atom. The van der Waals surface area contributed by atoms with Gasteiger partial charge in [-0.3, -0.25) is 4.90 Å². The van der Waals surface area contributed by atoms with Gasteiger partial charge in [-0.25, -0.2) is 9.59 Å². The summed E-state index contributed by atoms with van der Waals surface area (Å²) in [7, 11) is 1.27. The van der Waals surface area contributed by atoms with E-state index in [0.29, 0.717) is 6.54 Å². The van der Waals surface area contributed by atoms with E-state index in [1.54, 1.807) is 0 Å². The molecule has 1 amide bonds. The molecule has 0 aliphatic carbocycles. The van der Waals surface area contributed by atoms with Crippen molar-refractivity contribution in [3.05, 3.63) is 0 Å². The van der Waals surface area contributed by atoms with Gasteiger partial charge in [-0.2, -0.15) is 0 Å². The zero-order valence-corrected chi connectivity index (χ0v) is 9.32. The van der Waals surface area contributed by atoms with Crippen LogP contribution in [0.5, 0.6) is 0 Å². The molecule has 1 heterocycles. The number of ether oxygens (including phenoxy) is 1. The van der Waals surface area contributed by atoms with Crippen molar-refractivity contribution in [2.45, 2.75) is 32.7 Å². The molecular weight excluding hydrogens is 198 g/mol. The topological polar surface area (TPSA) is 66.8 Å². The molecule has 0 aromatic carbocycles. The van der Waals surface area contributed by atoms with Crippen LogP contribution in [-0.2, 0) is 9.53 Å². The highest BCUT2D eigenvalue weighted by Crippen LogP contribution is 2.35. The van der Waals surface area contributed by atoms with Crippen molar-refractivity contribution in [3.63, 3.8) is 0 Å². The molecule has 1 rings (SSSR count). The number of amides is 1. The highest BCUT2D eigenvalue weighted by Gasteiger charge is 2.44. The largest absolute Gasteiger partial charge is 0.480 e. The van der Waals surface area contributed by atoms with Gasteiger partial charge in [0.15, 0.2) is 0 Å². The standard InChI is InChI=1S/C10H17NO4/c1-10(2)5-4-6-11(9(14)15-3)7(10)8(12)13/h7H,4-6H2,1-3H3,(H,12,13). The summed E-state index contributed by atoms with van der Waals surface area (Å²) in [6.07, 6.45) is 1.05. The highest BCUT2D eigenvalue weighted by molar-refractivity contribution is 5.81. The van der Waals surface area contributed by atoms with Crippen molar-refractivity contribution in [2.24, 2.45) is 5.41 Å². The van der Waals surface area contributed by atoms with Gasteiger partial charge in [0.25, 0.3) is 0 Å². The zero-order valence-electron chi connectivity index (χ0n) is 9.32. The number of methoxy groups -OCH3 is 1. The Bertz CT molecular complexity index is 275. The van der Waals surface area contributed by atoms with Crippen LogP contribution in [0.15, 0.2) is 0 Å². The van der Waals surface area contributed by atoms with Gasteiger partial charge in [0, 0.05) is 6.54 Å². The fourth-order valence-electron chi connectivity index (χ4n) is 2.17. The number of hydrogen-bond acceptors (Lipinski definition) is 3. The second-order valence-electron chi connectivity index (χ2n) is 4.50. The molecule has 1 aliphatic rings. The van der Waals surface area contributed by atoms with Gasteiger partial charge < -0.3 is 9.84 Å². The number of nitrogens with zero attached hydrogens (tertiary/aromatic N) is 1. The van der Waals surface area contributed by atoms with Crippen molar-refractivity contribution >= 4 is 12.1 Å². The molecule has 1 atom stereocenters. The van der Waals surface area contributed by atoms with Crippen LogP contribution in [-0.4, -0.2) is 41.8 Å². The van der Waals surface area contributed by atoms with Crippen LogP contribution >= 0.6 is 0 Å². The third kappa shape index (κ3) is 2.22. The molecule has 1 aliphatic heterocycles. The predicted molar refractivity (Wildman–Crippen MR) is 53.5 cm³/mol. The van der Waals surface area contributed by atoms with E-state index in [1.807, 2.05) is 13.8 Å². The highest BCUT2D eigenvalue weighted by atomic mass is 16.5. The number of piperidine rings is 1. The Balaban J connectivity index is 2.94. The Labute approximate surface area is 89.0 Å². The van der Waals surface area contributed by atoms with Crippen LogP contribution in [0.1, 0.15) is 26.7 Å². The number of aliphatic carboxylic acids is 1. The lowest BCUT2D eigenvalue weighted by atomic mass is 9.76. The van der Waals surface area contributed by atoms with Crippen molar-refractivity contribution in [2.75, 3.05) is 13.7 Å². The van der Waals surface area contributed by atoms with E-state index < -0.39 is 23.5 Å². The van der Waals surface area contributed by atoms with Gasteiger partial charge >= 0.3 is 12.1 Å². The molecular formula is C10H17NO4. The summed E-state index contributed by atoms with van der Waals surface area (Å²) in [5.41, 5.74) is -0.404. The summed E-state index contributed by atoms with van der Waals surface area (Å²) in [5.74, 6) is -0.967. The van der Waals surface area contributed by atoms with Crippen molar-refractivity contribution in [3.8, 4) is 0 Å². The Morgan fingerprint density at radius 1 is 1.47 bits per heavy atom. The first-order valence-corrected chi connectivity index (χ1v) is 4.97. The Hall–Kier alpha value is -1.26. The first kappa shape index (κ1) is 11.8. The predicted octanol–water partition coefficient (Wildman–Crippen LogP) is 1.33. The lowest BCUT2D eigenvalue weighted by Gasteiger charge is -2.42. The zero-order chi connectivity index (χ0) is 11.6. The number of carboxylic acid groups (broad SMARTS) is 1. The normalized spacial score (nSPS) is 24.7. The lowest BCUT2D eigenvalue weighted by Crippen LogP contribution is -2.56. The number of rotatable bonds is 1. The monoisotopic (exact) mass is 215 g/mol. The van der Waals surface area contributed by atoms with Crippen LogP contribution in [0.25, 0.3) is 0 Å². The third-order valence-corrected chi connectivity index (χ3v) is 2.92. The molecule has 0 radical (unpaired) electrons. The van der Waals surface area contributed by atoms with Gasteiger partial charge in [-0.15, -0.1) is 0 Å². The SMILES string of the molecule is COC(=O)N1CCCC(C)(C)C1C(=O)O. The third-order valence-electron chi connectivity index (χ3n) is 2.92.